The summed E-state index contributed by atoms with van der Waals surface area (Å²) in [4.78, 5) is 20.0. The summed E-state index contributed by atoms with van der Waals surface area (Å²) in [5.41, 5.74) is 0. The standard InChI is InChI=1S/C14H18N4O2S.C2HF3O2/c1-9-16-14(20-17-9)11-6-10-2-4-18(7-12(10)19-11)8-13-15-3-5-21-13;3-2(4,5)1(6)7/h3,5,10-12H,2,4,6-8H2,1H3;(H,6,7)/t10-,11-,12+;/m0./s1. The molecular formula is C16H19F3N4O4S. The van der Waals surface area contributed by atoms with Crippen LogP contribution in [-0.4, -0.2) is 56.5 Å². The lowest BCUT2D eigenvalue weighted by Crippen LogP contribution is -2.41. The summed E-state index contributed by atoms with van der Waals surface area (Å²) in [6.07, 6.45) is -0.805. The van der Waals surface area contributed by atoms with Crippen molar-refractivity contribution in [3.05, 3.63) is 28.3 Å². The van der Waals surface area contributed by atoms with Gasteiger partial charge in [-0.1, -0.05) is 5.16 Å². The van der Waals surface area contributed by atoms with E-state index in [1.54, 1.807) is 11.3 Å². The largest absolute Gasteiger partial charge is 0.490 e. The average Bonchev–Trinajstić information content (AvgIpc) is 3.34. The van der Waals surface area contributed by atoms with E-state index in [4.69, 9.17) is 19.2 Å². The molecule has 8 nitrogen and oxygen atoms in total. The fourth-order valence-electron chi connectivity index (χ4n) is 3.26. The zero-order valence-corrected chi connectivity index (χ0v) is 15.7. The van der Waals surface area contributed by atoms with E-state index in [1.807, 2.05) is 18.5 Å². The fourth-order valence-corrected chi connectivity index (χ4v) is 3.92. The molecule has 2 saturated heterocycles. The number of fused-ring (bicyclic) bond motifs is 1. The molecule has 28 heavy (non-hydrogen) atoms. The van der Waals surface area contributed by atoms with Gasteiger partial charge in [-0.25, -0.2) is 9.78 Å². The van der Waals surface area contributed by atoms with E-state index in [1.165, 1.54) is 11.4 Å². The Labute approximate surface area is 162 Å². The minimum Gasteiger partial charge on any atom is -0.475 e. The minimum atomic E-state index is -5.08. The Morgan fingerprint density at radius 1 is 1.46 bits per heavy atom. The van der Waals surface area contributed by atoms with Crippen LogP contribution in [0.2, 0.25) is 0 Å². The number of rotatable bonds is 3. The average molecular weight is 420 g/mol. The number of hydrogen-bond donors (Lipinski definition) is 1. The summed E-state index contributed by atoms with van der Waals surface area (Å²) >= 11 is 1.72. The van der Waals surface area contributed by atoms with E-state index in [9.17, 15) is 13.2 Å². The zero-order valence-electron chi connectivity index (χ0n) is 14.9. The van der Waals surface area contributed by atoms with Gasteiger partial charge in [-0.3, -0.25) is 4.90 Å². The van der Waals surface area contributed by atoms with Gasteiger partial charge in [-0.2, -0.15) is 18.2 Å². The first-order valence-electron chi connectivity index (χ1n) is 8.59. The Balaban J connectivity index is 0.000000279. The van der Waals surface area contributed by atoms with Gasteiger partial charge in [0.25, 0.3) is 5.89 Å². The molecule has 2 aliphatic rings. The van der Waals surface area contributed by atoms with Crippen LogP contribution in [0.3, 0.4) is 0 Å². The summed E-state index contributed by atoms with van der Waals surface area (Å²) in [7, 11) is 0. The van der Waals surface area contributed by atoms with E-state index in [0.717, 1.165) is 26.1 Å². The van der Waals surface area contributed by atoms with Gasteiger partial charge in [0.1, 0.15) is 11.1 Å². The van der Waals surface area contributed by atoms with Crippen LogP contribution >= 0.6 is 11.3 Å². The van der Waals surface area contributed by atoms with Crippen LogP contribution in [-0.2, 0) is 16.1 Å². The summed E-state index contributed by atoms with van der Waals surface area (Å²) in [6, 6.07) is 0. The van der Waals surface area contributed by atoms with Gasteiger partial charge in [0.15, 0.2) is 5.82 Å². The molecule has 0 aromatic carbocycles. The van der Waals surface area contributed by atoms with Crippen LogP contribution in [0.4, 0.5) is 13.2 Å². The maximum Gasteiger partial charge on any atom is 0.490 e. The van der Waals surface area contributed by atoms with Crippen molar-refractivity contribution in [2.24, 2.45) is 5.92 Å². The fraction of sp³-hybridized carbons (Fsp3) is 0.625. The third-order valence-electron chi connectivity index (χ3n) is 4.54. The third-order valence-corrected chi connectivity index (χ3v) is 5.30. The second-order valence-corrected chi connectivity index (χ2v) is 7.57. The molecule has 0 saturated carbocycles. The van der Waals surface area contributed by atoms with Crippen molar-refractivity contribution in [2.45, 2.75) is 44.7 Å². The molecule has 2 fully saturated rings. The Kier molecular flexibility index (Phi) is 6.30. The number of carbonyl (C=O) groups is 1. The van der Waals surface area contributed by atoms with Crippen molar-refractivity contribution in [2.75, 3.05) is 13.1 Å². The van der Waals surface area contributed by atoms with Crippen LogP contribution in [0.25, 0.3) is 0 Å². The van der Waals surface area contributed by atoms with Crippen molar-refractivity contribution < 1.29 is 32.3 Å². The molecule has 12 heteroatoms. The highest BCUT2D eigenvalue weighted by atomic mass is 32.1. The topological polar surface area (TPSA) is 102 Å². The number of alkyl halides is 3. The monoisotopic (exact) mass is 420 g/mol. The quantitative estimate of drug-likeness (QED) is 0.809. The molecule has 0 spiro atoms. The minimum absolute atomic E-state index is 0.0268. The van der Waals surface area contributed by atoms with Gasteiger partial charge in [0.2, 0.25) is 0 Å². The summed E-state index contributed by atoms with van der Waals surface area (Å²) in [5.74, 6) is -0.843. The molecule has 0 aliphatic carbocycles. The van der Waals surface area contributed by atoms with Crippen molar-refractivity contribution in [1.82, 2.24) is 20.0 Å². The highest BCUT2D eigenvalue weighted by Crippen LogP contribution is 2.40. The second kappa shape index (κ2) is 8.53. The molecule has 4 heterocycles. The molecule has 2 aliphatic heterocycles. The van der Waals surface area contributed by atoms with Crippen LogP contribution in [0.15, 0.2) is 16.1 Å². The van der Waals surface area contributed by atoms with E-state index in [2.05, 4.69) is 20.0 Å². The number of aryl methyl sites for hydroxylation is 1. The lowest BCUT2D eigenvalue weighted by atomic mass is 9.92. The van der Waals surface area contributed by atoms with E-state index < -0.39 is 12.1 Å². The predicted molar refractivity (Wildman–Crippen MR) is 90.5 cm³/mol. The lowest BCUT2D eigenvalue weighted by Gasteiger charge is -2.33. The number of piperidine rings is 1. The van der Waals surface area contributed by atoms with Crippen molar-refractivity contribution in [3.63, 3.8) is 0 Å². The number of aliphatic carboxylic acids is 1. The van der Waals surface area contributed by atoms with Crippen LogP contribution in [0.5, 0.6) is 0 Å². The van der Waals surface area contributed by atoms with Crippen molar-refractivity contribution >= 4 is 17.3 Å². The molecule has 4 rings (SSSR count). The van der Waals surface area contributed by atoms with Gasteiger partial charge in [-0.15, -0.1) is 11.3 Å². The van der Waals surface area contributed by atoms with E-state index in [0.29, 0.717) is 17.6 Å². The van der Waals surface area contributed by atoms with Gasteiger partial charge < -0.3 is 14.4 Å². The number of hydrogen-bond acceptors (Lipinski definition) is 8. The van der Waals surface area contributed by atoms with Crippen LogP contribution < -0.4 is 0 Å². The number of likely N-dealkylation sites (tertiary alicyclic amines) is 1. The van der Waals surface area contributed by atoms with E-state index in [-0.39, 0.29) is 12.2 Å². The van der Waals surface area contributed by atoms with E-state index >= 15 is 0 Å². The first-order chi connectivity index (χ1) is 13.2. The van der Waals surface area contributed by atoms with Crippen molar-refractivity contribution in [3.8, 4) is 0 Å². The molecule has 3 atom stereocenters. The maximum absolute atomic E-state index is 10.6. The highest BCUT2D eigenvalue weighted by molar-refractivity contribution is 7.09. The predicted octanol–water partition coefficient (Wildman–Crippen LogP) is 2.82. The van der Waals surface area contributed by atoms with Gasteiger partial charge in [-0.05, 0) is 32.2 Å². The number of halogens is 3. The van der Waals surface area contributed by atoms with Crippen LogP contribution in [0, 0.1) is 12.8 Å². The molecule has 2 aromatic rings. The normalized spacial score (nSPS) is 25.1. The van der Waals surface area contributed by atoms with Gasteiger partial charge >= 0.3 is 12.1 Å². The number of carboxylic acids is 1. The number of carboxylic acid groups (broad SMARTS) is 1. The Hall–Kier alpha value is -2.05. The molecule has 0 radical (unpaired) electrons. The molecule has 0 amide bonds. The molecular weight excluding hydrogens is 401 g/mol. The maximum atomic E-state index is 10.6. The lowest BCUT2D eigenvalue weighted by molar-refractivity contribution is -0.192. The number of aromatic nitrogens is 3. The molecule has 0 bridgehead atoms. The Morgan fingerprint density at radius 3 is 2.79 bits per heavy atom. The zero-order chi connectivity index (χ0) is 20.3. The number of nitrogens with zero attached hydrogens (tertiary/aromatic N) is 4. The Bertz CT molecular complexity index is 783. The third kappa shape index (κ3) is 5.26. The molecule has 1 N–H and O–H groups in total. The SMILES string of the molecule is Cc1noc([C@@H]2C[C@@H]3CCN(Cc4nccs4)C[C@H]3O2)n1.O=C(O)C(F)(F)F. The smallest absolute Gasteiger partial charge is 0.475 e. The summed E-state index contributed by atoms with van der Waals surface area (Å²) < 4.78 is 43.2. The highest BCUT2D eigenvalue weighted by Gasteiger charge is 2.41. The van der Waals surface area contributed by atoms with Gasteiger partial charge in [0, 0.05) is 18.1 Å². The molecule has 154 valence electrons. The Morgan fingerprint density at radius 2 is 2.21 bits per heavy atom. The number of thiazole rings is 1. The van der Waals surface area contributed by atoms with Gasteiger partial charge in [0.05, 0.1) is 12.6 Å². The first kappa shape index (κ1) is 20.7. The molecule has 2 aromatic heterocycles. The molecule has 0 unspecified atom stereocenters. The second-order valence-electron chi connectivity index (χ2n) is 6.59. The summed E-state index contributed by atoms with van der Waals surface area (Å²) in [5, 5.41) is 14.2. The first-order valence-corrected chi connectivity index (χ1v) is 9.47. The summed E-state index contributed by atoms with van der Waals surface area (Å²) in [6.45, 7) is 4.84. The van der Waals surface area contributed by atoms with Crippen molar-refractivity contribution in [1.29, 1.82) is 0 Å². The van der Waals surface area contributed by atoms with Crippen LogP contribution in [0.1, 0.15) is 35.7 Å². The number of ether oxygens (including phenoxy) is 1.